The summed E-state index contributed by atoms with van der Waals surface area (Å²) in [6.07, 6.45) is 1.36. The number of hydrogen-bond acceptors (Lipinski definition) is 4. The highest BCUT2D eigenvalue weighted by Crippen LogP contribution is 2.28. The van der Waals surface area contributed by atoms with Crippen LogP contribution < -0.4 is 9.62 Å². The summed E-state index contributed by atoms with van der Waals surface area (Å²) in [5.41, 5.74) is 1.55. The van der Waals surface area contributed by atoms with E-state index in [-0.39, 0.29) is 28.2 Å². The van der Waals surface area contributed by atoms with Crippen molar-refractivity contribution in [1.82, 2.24) is 10.2 Å². The first-order valence-corrected chi connectivity index (χ1v) is 13.8. The van der Waals surface area contributed by atoms with Crippen LogP contribution >= 0.6 is 23.2 Å². The first kappa shape index (κ1) is 28.9. The van der Waals surface area contributed by atoms with Gasteiger partial charge in [0.2, 0.25) is 21.8 Å². The third kappa shape index (κ3) is 8.40. The number of benzene rings is 2. The van der Waals surface area contributed by atoms with Crippen molar-refractivity contribution in [2.75, 3.05) is 17.1 Å². The lowest BCUT2D eigenvalue weighted by atomic mass is 10.0. The van der Waals surface area contributed by atoms with Gasteiger partial charge in [0.25, 0.3) is 0 Å². The van der Waals surface area contributed by atoms with Crippen molar-refractivity contribution in [3.05, 3.63) is 63.6 Å². The normalized spacial score (nSPS) is 12.7. The molecule has 192 valence electrons. The van der Waals surface area contributed by atoms with Crippen molar-refractivity contribution >= 4 is 50.7 Å². The van der Waals surface area contributed by atoms with Crippen molar-refractivity contribution in [3.8, 4) is 0 Å². The molecule has 2 amide bonds. The zero-order valence-corrected chi connectivity index (χ0v) is 23.3. The molecule has 0 radical (unpaired) electrons. The van der Waals surface area contributed by atoms with E-state index in [9.17, 15) is 18.0 Å². The van der Waals surface area contributed by atoms with Gasteiger partial charge in [0.05, 0.1) is 22.0 Å². The number of rotatable bonds is 9. The third-order valence-corrected chi connectivity index (χ3v) is 7.07. The average Bonchev–Trinajstić information content (AvgIpc) is 2.71. The predicted molar refractivity (Wildman–Crippen MR) is 142 cm³/mol. The molecule has 0 fully saturated rings. The van der Waals surface area contributed by atoms with Crippen LogP contribution in [0.1, 0.15) is 45.2 Å². The Balaban J connectivity index is 2.48. The lowest BCUT2D eigenvalue weighted by Crippen LogP contribution is -2.55. The fourth-order valence-corrected chi connectivity index (χ4v) is 4.77. The third-order valence-electron chi connectivity index (χ3n) is 5.19. The van der Waals surface area contributed by atoms with Gasteiger partial charge in [0, 0.05) is 12.1 Å². The lowest BCUT2D eigenvalue weighted by molar-refractivity contribution is -0.141. The van der Waals surface area contributed by atoms with Gasteiger partial charge in [0.15, 0.2) is 0 Å². The fourth-order valence-electron chi connectivity index (χ4n) is 3.63. The molecule has 0 heterocycles. The second kappa shape index (κ2) is 11.6. The van der Waals surface area contributed by atoms with Gasteiger partial charge < -0.3 is 10.2 Å². The van der Waals surface area contributed by atoms with Gasteiger partial charge in [-0.25, -0.2) is 8.42 Å². The van der Waals surface area contributed by atoms with Crippen LogP contribution in [-0.2, 0) is 26.2 Å². The molecule has 2 aromatic carbocycles. The number of halogens is 2. The van der Waals surface area contributed by atoms with Crippen molar-refractivity contribution in [2.24, 2.45) is 0 Å². The van der Waals surface area contributed by atoms with Crippen LogP contribution in [0.2, 0.25) is 10.0 Å². The van der Waals surface area contributed by atoms with Crippen LogP contribution in [0.25, 0.3) is 0 Å². The van der Waals surface area contributed by atoms with E-state index in [1.807, 2.05) is 58.9 Å². The van der Waals surface area contributed by atoms with Gasteiger partial charge in [-0.15, -0.1) is 0 Å². The Labute approximate surface area is 218 Å². The maximum atomic E-state index is 13.7. The lowest BCUT2D eigenvalue weighted by Gasteiger charge is -2.34. The Morgan fingerprint density at radius 1 is 1.06 bits per heavy atom. The van der Waals surface area contributed by atoms with E-state index in [4.69, 9.17) is 23.2 Å². The minimum atomic E-state index is -3.85. The van der Waals surface area contributed by atoms with Gasteiger partial charge in [-0.05, 0) is 57.9 Å². The standard InChI is InChI=1S/C25H33Cl2N3O4S/c1-7-22(24(32)28-25(3,4)5)29(15-18-10-8-9-17(2)13-18)23(31)16-30(35(6,33)34)19-11-12-20(26)21(27)14-19/h8-14,22H,7,15-16H2,1-6H3,(H,28,32). The highest BCUT2D eigenvalue weighted by Gasteiger charge is 2.33. The number of aryl methyl sites for hydroxylation is 1. The molecule has 0 aliphatic rings. The van der Waals surface area contributed by atoms with Gasteiger partial charge in [0.1, 0.15) is 12.6 Å². The monoisotopic (exact) mass is 541 g/mol. The zero-order valence-electron chi connectivity index (χ0n) is 20.9. The molecule has 2 rings (SSSR count). The van der Waals surface area contributed by atoms with Crippen molar-refractivity contribution in [2.45, 2.75) is 59.2 Å². The zero-order chi connectivity index (χ0) is 26.6. The van der Waals surface area contributed by atoms with Gasteiger partial charge in [-0.3, -0.25) is 13.9 Å². The number of nitrogens with zero attached hydrogens (tertiary/aromatic N) is 2. The van der Waals surface area contributed by atoms with E-state index in [1.165, 1.54) is 23.1 Å². The second-order valence-electron chi connectivity index (χ2n) is 9.54. The van der Waals surface area contributed by atoms with E-state index < -0.39 is 34.1 Å². The first-order valence-electron chi connectivity index (χ1n) is 11.2. The largest absolute Gasteiger partial charge is 0.350 e. The molecule has 1 unspecified atom stereocenters. The molecular weight excluding hydrogens is 509 g/mol. The number of sulfonamides is 1. The van der Waals surface area contributed by atoms with Crippen LogP contribution in [0.5, 0.6) is 0 Å². The number of anilines is 1. The summed E-state index contributed by atoms with van der Waals surface area (Å²) in [5.74, 6) is -0.819. The summed E-state index contributed by atoms with van der Waals surface area (Å²) < 4.78 is 26.3. The van der Waals surface area contributed by atoms with Crippen LogP contribution in [-0.4, -0.2) is 49.5 Å². The molecule has 0 saturated carbocycles. The Morgan fingerprint density at radius 3 is 2.23 bits per heavy atom. The molecule has 1 atom stereocenters. The van der Waals surface area contributed by atoms with E-state index in [1.54, 1.807) is 0 Å². The van der Waals surface area contributed by atoms with Crippen molar-refractivity contribution in [3.63, 3.8) is 0 Å². The topological polar surface area (TPSA) is 86.8 Å². The minimum absolute atomic E-state index is 0.148. The Hall–Kier alpha value is -2.29. The molecule has 2 aromatic rings. The molecule has 0 bridgehead atoms. The summed E-state index contributed by atoms with van der Waals surface area (Å²) in [6, 6.07) is 11.2. The molecule has 0 saturated heterocycles. The number of nitrogens with one attached hydrogen (secondary N) is 1. The highest BCUT2D eigenvalue weighted by atomic mass is 35.5. The van der Waals surface area contributed by atoms with Gasteiger partial charge in [-0.2, -0.15) is 0 Å². The predicted octanol–water partition coefficient (Wildman–Crippen LogP) is 4.79. The maximum absolute atomic E-state index is 13.7. The SMILES string of the molecule is CCC(C(=O)NC(C)(C)C)N(Cc1cccc(C)c1)C(=O)CN(c1ccc(Cl)c(Cl)c1)S(C)(=O)=O. The quantitative estimate of drug-likeness (QED) is 0.494. The average molecular weight is 543 g/mol. The summed E-state index contributed by atoms with van der Waals surface area (Å²) >= 11 is 12.1. The molecule has 10 heteroatoms. The van der Waals surface area contributed by atoms with Gasteiger partial charge in [-0.1, -0.05) is 60.0 Å². The fraction of sp³-hybridized carbons (Fsp3) is 0.440. The molecular formula is C25H33Cl2N3O4S. The molecule has 35 heavy (non-hydrogen) atoms. The smallest absolute Gasteiger partial charge is 0.244 e. The Kier molecular flexibility index (Phi) is 9.62. The van der Waals surface area contributed by atoms with E-state index in [0.717, 1.165) is 21.7 Å². The maximum Gasteiger partial charge on any atom is 0.244 e. The summed E-state index contributed by atoms with van der Waals surface area (Å²) in [4.78, 5) is 28.3. The van der Waals surface area contributed by atoms with E-state index in [2.05, 4.69) is 5.32 Å². The van der Waals surface area contributed by atoms with Crippen LogP contribution in [0.4, 0.5) is 5.69 Å². The van der Waals surface area contributed by atoms with Crippen LogP contribution in [0, 0.1) is 6.92 Å². The highest BCUT2D eigenvalue weighted by molar-refractivity contribution is 7.92. The molecule has 7 nitrogen and oxygen atoms in total. The Morgan fingerprint density at radius 2 is 1.71 bits per heavy atom. The second-order valence-corrected chi connectivity index (χ2v) is 12.3. The first-order chi connectivity index (χ1) is 16.1. The van der Waals surface area contributed by atoms with Gasteiger partial charge >= 0.3 is 0 Å². The molecule has 0 aliphatic carbocycles. The van der Waals surface area contributed by atoms with Crippen LogP contribution in [0.3, 0.4) is 0 Å². The number of carbonyl (C=O) groups is 2. The summed E-state index contributed by atoms with van der Waals surface area (Å²) in [7, 11) is -3.85. The van der Waals surface area contributed by atoms with Crippen molar-refractivity contribution in [1.29, 1.82) is 0 Å². The number of hydrogen-bond donors (Lipinski definition) is 1. The number of carbonyl (C=O) groups excluding carboxylic acids is 2. The number of amides is 2. The molecule has 1 N–H and O–H groups in total. The van der Waals surface area contributed by atoms with E-state index in [0.29, 0.717) is 6.42 Å². The van der Waals surface area contributed by atoms with Crippen molar-refractivity contribution < 1.29 is 18.0 Å². The molecule has 0 aliphatic heterocycles. The molecule has 0 spiro atoms. The summed E-state index contributed by atoms with van der Waals surface area (Å²) in [6.45, 7) is 8.99. The summed E-state index contributed by atoms with van der Waals surface area (Å²) in [5, 5.41) is 3.36. The minimum Gasteiger partial charge on any atom is -0.350 e. The van der Waals surface area contributed by atoms with Crippen LogP contribution in [0.15, 0.2) is 42.5 Å². The van der Waals surface area contributed by atoms with E-state index >= 15 is 0 Å². The Bertz CT molecular complexity index is 1180. The molecule has 0 aromatic heterocycles.